The molecule has 0 aliphatic heterocycles. The molecule has 0 aromatic carbocycles. The minimum absolute atomic E-state index is 0.0384. The molecule has 3 aromatic heterocycles. The molecule has 0 fully saturated rings. The number of anilines is 1. The summed E-state index contributed by atoms with van der Waals surface area (Å²) in [6, 6.07) is 2.26. The Morgan fingerprint density at radius 3 is 2.44 bits per heavy atom. The van der Waals surface area contributed by atoms with Crippen molar-refractivity contribution >= 4 is 29.2 Å². The first kappa shape index (κ1) is 23.1. The summed E-state index contributed by atoms with van der Waals surface area (Å²) in [4.78, 5) is 35.4. The summed E-state index contributed by atoms with van der Waals surface area (Å²) in [5.41, 5.74) is 0.418. The fourth-order valence-electron chi connectivity index (χ4n) is 2.89. The first-order chi connectivity index (χ1) is 15.1. The van der Waals surface area contributed by atoms with E-state index >= 15 is 0 Å². The van der Waals surface area contributed by atoms with Crippen LogP contribution >= 0.6 is 11.3 Å². The van der Waals surface area contributed by atoms with E-state index in [4.69, 9.17) is 0 Å². The molecule has 0 saturated carbocycles. The second kappa shape index (κ2) is 9.30. The molecule has 12 heteroatoms. The smallest absolute Gasteiger partial charge is 0.434 e. The Bertz CT molecular complexity index is 1160. The van der Waals surface area contributed by atoms with Crippen molar-refractivity contribution in [2.45, 2.75) is 26.4 Å². The summed E-state index contributed by atoms with van der Waals surface area (Å²) in [6.07, 6.45) is -1.61. The number of urea groups is 1. The molecule has 0 atom stereocenters. The van der Waals surface area contributed by atoms with E-state index in [0.717, 1.165) is 16.7 Å². The molecule has 168 valence electrons. The van der Waals surface area contributed by atoms with Crippen molar-refractivity contribution in [1.29, 1.82) is 0 Å². The third-order valence-corrected chi connectivity index (χ3v) is 5.23. The molecule has 3 rings (SSSR count). The van der Waals surface area contributed by atoms with Gasteiger partial charge in [0, 0.05) is 46.7 Å². The number of rotatable bonds is 6. The second-order valence-electron chi connectivity index (χ2n) is 6.51. The van der Waals surface area contributed by atoms with E-state index in [9.17, 15) is 27.9 Å². The van der Waals surface area contributed by atoms with E-state index in [0.29, 0.717) is 29.8 Å². The maximum absolute atomic E-state index is 13.1. The van der Waals surface area contributed by atoms with E-state index in [1.54, 1.807) is 6.92 Å². The van der Waals surface area contributed by atoms with Gasteiger partial charge in [-0.15, -0.1) is 11.3 Å². The highest BCUT2D eigenvalue weighted by atomic mass is 32.1. The number of aromatic nitrogens is 3. The number of carbonyl (C=O) groups excluding carboxylic acids is 1. The molecule has 3 N–H and O–H groups in total. The fourth-order valence-corrected chi connectivity index (χ4v) is 3.75. The van der Waals surface area contributed by atoms with Gasteiger partial charge in [0.1, 0.15) is 10.8 Å². The molecule has 0 bridgehead atoms. The number of carboxylic acids is 1. The highest BCUT2D eigenvalue weighted by molar-refractivity contribution is 7.13. The van der Waals surface area contributed by atoms with Gasteiger partial charge in [-0.2, -0.15) is 13.2 Å². The lowest BCUT2D eigenvalue weighted by Gasteiger charge is -2.14. The molecule has 32 heavy (non-hydrogen) atoms. The average molecular weight is 465 g/mol. The average Bonchev–Trinajstić information content (AvgIpc) is 3.24. The first-order valence-electron chi connectivity index (χ1n) is 9.44. The van der Waals surface area contributed by atoms with Crippen LogP contribution in [0.5, 0.6) is 0 Å². The van der Waals surface area contributed by atoms with Crippen molar-refractivity contribution in [2.24, 2.45) is 0 Å². The Kier molecular flexibility index (Phi) is 6.72. The lowest BCUT2D eigenvalue weighted by molar-refractivity contribution is -0.140. The number of aromatic carboxylic acids is 1. The van der Waals surface area contributed by atoms with Crippen molar-refractivity contribution in [3.8, 4) is 21.7 Å². The zero-order chi connectivity index (χ0) is 23.5. The number of nitrogens with zero attached hydrogens (tertiary/aromatic N) is 3. The van der Waals surface area contributed by atoms with Crippen LogP contribution in [0.1, 0.15) is 35.6 Å². The highest BCUT2D eigenvalue weighted by Crippen LogP contribution is 2.39. The fraction of sp³-hybridized carbons (Fsp3) is 0.250. The Morgan fingerprint density at radius 2 is 1.84 bits per heavy atom. The lowest BCUT2D eigenvalue weighted by atomic mass is 9.98. The van der Waals surface area contributed by atoms with E-state index in [-0.39, 0.29) is 22.0 Å². The number of amides is 2. The second-order valence-corrected chi connectivity index (χ2v) is 7.37. The number of alkyl halides is 3. The van der Waals surface area contributed by atoms with Gasteiger partial charge >= 0.3 is 18.2 Å². The number of carboxylic acid groups (broad SMARTS) is 1. The molecular formula is C20H18F3N5O3S. The van der Waals surface area contributed by atoms with Gasteiger partial charge < -0.3 is 10.4 Å². The molecule has 8 nitrogen and oxygen atoms in total. The van der Waals surface area contributed by atoms with Gasteiger partial charge in [0.05, 0.1) is 5.56 Å². The molecule has 3 aromatic rings. The largest absolute Gasteiger partial charge is 0.478 e. The third kappa shape index (κ3) is 5.02. The van der Waals surface area contributed by atoms with Crippen molar-refractivity contribution < 1.29 is 27.9 Å². The van der Waals surface area contributed by atoms with Crippen molar-refractivity contribution in [2.75, 3.05) is 11.9 Å². The Balaban J connectivity index is 2.20. The Labute approximate surface area is 184 Å². The molecule has 2 amide bonds. The van der Waals surface area contributed by atoms with Crippen LogP contribution in [0.2, 0.25) is 0 Å². The summed E-state index contributed by atoms with van der Waals surface area (Å²) < 4.78 is 39.4. The van der Waals surface area contributed by atoms with Crippen LogP contribution in [0.25, 0.3) is 21.7 Å². The molecular weight excluding hydrogens is 447 g/mol. The van der Waals surface area contributed by atoms with E-state index in [2.05, 4.69) is 25.6 Å². The van der Waals surface area contributed by atoms with E-state index in [1.165, 1.54) is 24.5 Å². The van der Waals surface area contributed by atoms with Gasteiger partial charge in [0.25, 0.3) is 0 Å². The Hall–Kier alpha value is -3.54. The van der Waals surface area contributed by atoms with Gasteiger partial charge in [0.2, 0.25) is 0 Å². The normalized spacial score (nSPS) is 11.3. The maximum Gasteiger partial charge on any atom is 0.434 e. The number of hydrogen-bond acceptors (Lipinski definition) is 6. The van der Waals surface area contributed by atoms with Crippen LogP contribution in [0.3, 0.4) is 0 Å². The standard InChI is InChI=1S/C20H18F3N5O3S/c1-3-14-11(5-10(7-25-14)18(29)30)13-8-26-16(28-19(31)24-4-2)6-12(13)17-27-15(9-32-17)20(21,22)23/h5-9H,3-4H2,1-2H3,(H,29,30)(H2,24,26,28,31). The monoisotopic (exact) mass is 465 g/mol. The number of halogens is 3. The van der Waals surface area contributed by atoms with Crippen LogP contribution in [0.4, 0.5) is 23.8 Å². The third-order valence-electron chi connectivity index (χ3n) is 4.35. The summed E-state index contributed by atoms with van der Waals surface area (Å²) in [5, 5.41) is 15.3. The minimum atomic E-state index is -4.62. The van der Waals surface area contributed by atoms with Crippen LogP contribution in [0.15, 0.2) is 29.9 Å². The molecule has 3 heterocycles. The van der Waals surface area contributed by atoms with Crippen LogP contribution in [-0.4, -0.2) is 38.6 Å². The van der Waals surface area contributed by atoms with E-state index < -0.39 is 23.9 Å². The number of thiazole rings is 1. The molecule has 0 aliphatic rings. The van der Waals surface area contributed by atoms with Gasteiger partial charge in [-0.25, -0.2) is 19.6 Å². The van der Waals surface area contributed by atoms with Crippen molar-refractivity contribution in [1.82, 2.24) is 20.3 Å². The Morgan fingerprint density at radius 1 is 1.09 bits per heavy atom. The summed E-state index contributed by atoms with van der Waals surface area (Å²) in [6.45, 7) is 3.91. The molecule has 0 aliphatic carbocycles. The minimum Gasteiger partial charge on any atom is -0.478 e. The van der Waals surface area contributed by atoms with E-state index in [1.807, 2.05) is 6.92 Å². The van der Waals surface area contributed by atoms with Crippen LogP contribution in [-0.2, 0) is 12.6 Å². The molecule has 0 spiro atoms. The van der Waals surface area contributed by atoms with Gasteiger partial charge in [-0.05, 0) is 25.5 Å². The quantitative estimate of drug-likeness (QED) is 0.486. The van der Waals surface area contributed by atoms with Gasteiger partial charge in [0.15, 0.2) is 5.69 Å². The summed E-state index contributed by atoms with van der Waals surface area (Å²) in [7, 11) is 0. The number of hydrogen-bond donors (Lipinski definition) is 3. The lowest BCUT2D eigenvalue weighted by Crippen LogP contribution is -2.28. The maximum atomic E-state index is 13.1. The van der Waals surface area contributed by atoms with Crippen molar-refractivity contribution in [3.63, 3.8) is 0 Å². The predicted octanol–water partition coefficient (Wildman–Crippen LogP) is 4.69. The molecule has 0 unspecified atom stereocenters. The first-order valence-corrected chi connectivity index (χ1v) is 10.3. The molecule has 0 saturated heterocycles. The van der Waals surface area contributed by atoms with Crippen LogP contribution in [0, 0.1) is 0 Å². The predicted molar refractivity (Wildman–Crippen MR) is 113 cm³/mol. The van der Waals surface area contributed by atoms with Crippen molar-refractivity contribution in [3.05, 3.63) is 46.9 Å². The molecule has 0 radical (unpaired) electrons. The highest BCUT2D eigenvalue weighted by Gasteiger charge is 2.34. The summed E-state index contributed by atoms with van der Waals surface area (Å²) in [5.74, 6) is -1.10. The number of carbonyl (C=O) groups is 2. The topological polar surface area (TPSA) is 117 Å². The van der Waals surface area contributed by atoms with Gasteiger partial charge in [-0.3, -0.25) is 10.3 Å². The number of aryl methyl sites for hydroxylation is 1. The SMILES string of the molecule is CCNC(=O)Nc1cc(-c2nc(C(F)(F)F)cs2)c(-c2cc(C(=O)O)cnc2CC)cn1. The summed E-state index contributed by atoms with van der Waals surface area (Å²) >= 11 is 0.776. The number of pyridine rings is 2. The van der Waals surface area contributed by atoms with Gasteiger partial charge in [-0.1, -0.05) is 6.92 Å². The zero-order valence-corrected chi connectivity index (χ0v) is 17.8. The van der Waals surface area contributed by atoms with Crippen LogP contribution < -0.4 is 10.6 Å². The zero-order valence-electron chi connectivity index (χ0n) is 16.9. The number of nitrogens with one attached hydrogen (secondary N) is 2.